The first-order valence-corrected chi connectivity index (χ1v) is 20.1. The Labute approximate surface area is 309 Å². The molecule has 296 valence electrons. The first-order valence-electron chi connectivity index (χ1n) is 20.1. The van der Waals surface area contributed by atoms with Gasteiger partial charge in [-0.1, -0.05) is 0 Å². The van der Waals surface area contributed by atoms with Crippen molar-refractivity contribution in [3.63, 3.8) is 0 Å². The first kappa shape index (κ1) is 40.9. The van der Waals surface area contributed by atoms with Gasteiger partial charge in [-0.3, -0.25) is 19.2 Å². The summed E-state index contributed by atoms with van der Waals surface area (Å²) in [6.07, 6.45) is 5.22. The van der Waals surface area contributed by atoms with E-state index in [1.807, 2.05) is 55.4 Å². The molecule has 5 aliphatic heterocycles. The average molecular weight is 737 g/mol. The molecule has 5 fully saturated rings. The predicted octanol–water partition coefficient (Wildman–Crippen LogP) is 6.02. The SMILES string of the molecule is C[C@@H]1C[C@H]2CC[C@@H](O2)[C@H](C)C(=O)O[C@H](C)C[C@H]2CC[C@@H](O2)[C@H](C)C(=O)O[C@@H](C)C[C@H]2CC[C@@H](O2)[C@H](C)C(=O)O[C@H](C)C[C@H]2CC[C@@H](O2)[C@H](C)C(=O)O1. The van der Waals surface area contributed by atoms with Crippen molar-refractivity contribution >= 4 is 23.9 Å². The predicted molar refractivity (Wildman–Crippen MR) is 189 cm³/mol. The molecule has 5 saturated heterocycles. The summed E-state index contributed by atoms with van der Waals surface area (Å²) in [7, 11) is 0. The molecular weight excluding hydrogens is 672 g/mol. The second-order valence-corrected chi connectivity index (χ2v) is 16.6. The molecule has 5 rings (SSSR count). The van der Waals surface area contributed by atoms with E-state index in [-0.39, 0.29) is 97.1 Å². The van der Waals surface area contributed by atoms with Gasteiger partial charge in [0.25, 0.3) is 0 Å². The molecule has 8 bridgehead atoms. The van der Waals surface area contributed by atoms with Gasteiger partial charge in [0.05, 0.1) is 72.5 Å². The maximum absolute atomic E-state index is 13.1. The van der Waals surface area contributed by atoms with E-state index in [0.29, 0.717) is 25.7 Å². The van der Waals surface area contributed by atoms with Crippen molar-refractivity contribution in [2.45, 2.75) is 206 Å². The largest absolute Gasteiger partial charge is 0.462 e. The van der Waals surface area contributed by atoms with Crippen LogP contribution in [-0.2, 0) is 57.1 Å². The Bertz CT molecular complexity index is 1040. The first-order chi connectivity index (χ1) is 24.7. The standard InChI is InChI=1S/C40H64O12/c1-21-17-29-9-13-34(49-29)26(6)38(42)46-23(3)19-31-11-15-36(51-31)28(8)40(44)48-24(4)20-32-12-16-35(52-32)27(7)39(43)47-22(2)18-30-10-14-33(50-30)25(5)37(41)45-21/h21-36H,9-20H2,1-8H3/t21-,22-,23-,24+,25+,26+,27+,28+,29-,30-,31-,32-,33-,34-,35-,36-/m1/s1. The molecule has 0 spiro atoms. The molecule has 0 amide bonds. The number of ether oxygens (including phenoxy) is 8. The molecule has 0 saturated carbocycles. The second kappa shape index (κ2) is 18.4. The fraction of sp³-hybridized carbons (Fsp3) is 0.900. The summed E-state index contributed by atoms with van der Waals surface area (Å²) in [5.41, 5.74) is 0. The Morgan fingerprint density at radius 3 is 0.712 bits per heavy atom. The molecule has 16 atom stereocenters. The summed E-state index contributed by atoms with van der Waals surface area (Å²) in [6, 6.07) is 0. The van der Waals surface area contributed by atoms with E-state index in [1.165, 1.54) is 0 Å². The molecule has 12 nitrogen and oxygen atoms in total. The van der Waals surface area contributed by atoms with Gasteiger partial charge in [-0.05, 0) is 107 Å². The Kier molecular flexibility index (Phi) is 14.4. The Balaban J connectivity index is 1.19. The van der Waals surface area contributed by atoms with Crippen LogP contribution in [-0.4, -0.2) is 97.1 Å². The van der Waals surface area contributed by atoms with E-state index >= 15 is 0 Å². The van der Waals surface area contributed by atoms with Crippen LogP contribution in [0, 0.1) is 23.7 Å². The quantitative estimate of drug-likeness (QED) is 0.212. The summed E-state index contributed by atoms with van der Waals surface area (Å²) in [6.45, 7) is 14.9. The highest BCUT2D eigenvalue weighted by Crippen LogP contribution is 2.34. The van der Waals surface area contributed by atoms with Crippen LogP contribution in [0.15, 0.2) is 0 Å². The van der Waals surface area contributed by atoms with Crippen molar-refractivity contribution in [2.24, 2.45) is 23.7 Å². The van der Waals surface area contributed by atoms with Crippen LogP contribution in [0.2, 0.25) is 0 Å². The zero-order chi connectivity index (χ0) is 37.7. The van der Waals surface area contributed by atoms with E-state index in [9.17, 15) is 19.2 Å². The minimum Gasteiger partial charge on any atom is -0.462 e. The fourth-order valence-electron chi connectivity index (χ4n) is 8.60. The lowest BCUT2D eigenvalue weighted by Crippen LogP contribution is -2.34. The maximum atomic E-state index is 13.1. The topological polar surface area (TPSA) is 142 Å². The highest BCUT2D eigenvalue weighted by molar-refractivity contribution is 5.74. The Morgan fingerprint density at radius 2 is 0.519 bits per heavy atom. The van der Waals surface area contributed by atoms with Crippen molar-refractivity contribution in [1.82, 2.24) is 0 Å². The van der Waals surface area contributed by atoms with Gasteiger partial charge < -0.3 is 37.9 Å². The fourth-order valence-corrected chi connectivity index (χ4v) is 8.60. The monoisotopic (exact) mass is 736 g/mol. The molecule has 0 aromatic heterocycles. The normalized spacial score (nSPS) is 45.2. The maximum Gasteiger partial charge on any atom is 0.311 e. The molecule has 0 radical (unpaired) electrons. The third kappa shape index (κ3) is 10.9. The highest BCUT2D eigenvalue weighted by Gasteiger charge is 2.41. The van der Waals surface area contributed by atoms with Crippen LogP contribution < -0.4 is 0 Å². The Hall–Kier alpha value is -2.28. The van der Waals surface area contributed by atoms with Crippen LogP contribution in [0.3, 0.4) is 0 Å². The lowest BCUT2D eigenvalue weighted by Gasteiger charge is -2.26. The zero-order valence-electron chi connectivity index (χ0n) is 32.6. The lowest BCUT2D eigenvalue weighted by molar-refractivity contribution is -0.161. The van der Waals surface area contributed by atoms with Crippen molar-refractivity contribution < 1.29 is 57.1 Å². The van der Waals surface area contributed by atoms with Crippen LogP contribution in [0.4, 0.5) is 0 Å². The molecule has 5 heterocycles. The third-order valence-corrected chi connectivity index (χ3v) is 11.9. The van der Waals surface area contributed by atoms with Crippen molar-refractivity contribution in [2.75, 3.05) is 0 Å². The number of carbonyl (C=O) groups excluding carboxylic acids is 4. The smallest absolute Gasteiger partial charge is 0.311 e. The highest BCUT2D eigenvalue weighted by atomic mass is 16.6. The second-order valence-electron chi connectivity index (χ2n) is 16.6. The summed E-state index contributed by atoms with van der Waals surface area (Å²) < 4.78 is 48.4. The zero-order valence-corrected chi connectivity index (χ0v) is 32.6. The van der Waals surface area contributed by atoms with Gasteiger partial charge in [0.1, 0.15) is 24.4 Å². The molecular formula is C40H64O12. The van der Waals surface area contributed by atoms with Crippen LogP contribution in [0.1, 0.15) is 132 Å². The molecule has 12 heteroatoms. The third-order valence-electron chi connectivity index (χ3n) is 11.9. The average Bonchev–Trinajstić information content (AvgIpc) is 3.91. The molecule has 0 aliphatic carbocycles. The molecule has 0 N–H and O–H groups in total. The van der Waals surface area contributed by atoms with E-state index in [4.69, 9.17) is 37.9 Å². The van der Waals surface area contributed by atoms with Crippen molar-refractivity contribution in [3.05, 3.63) is 0 Å². The van der Waals surface area contributed by atoms with E-state index in [2.05, 4.69) is 0 Å². The van der Waals surface area contributed by atoms with Gasteiger partial charge in [0.2, 0.25) is 0 Å². The molecule has 0 aromatic rings. The van der Waals surface area contributed by atoms with Gasteiger partial charge >= 0.3 is 23.9 Å². The van der Waals surface area contributed by atoms with E-state index < -0.39 is 23.7 Å². The summed E-state index contributed by atoms with van der Waals surface area (Å²) in [5.74, 6) is -2.93. The number of hydrogen-bond acceptors (Lipinski definition) is 12. The number of cyclic esters (lactones) is 4. The van der Waals surface area contributed by atoms with Crippen molar-refractivity contribution in [1.29, 1.82) is 0 Å². The summed E-state index contributed by atoms with van der Waals surface area (Å²) in [4.78, 5) is 52.4. The van der Waals surface area contributed by atoms with Crippen LogP contribution in [0.5, 0.6) is 0 Å². The number of hydrogen-bond donors (Lipinski definition) is 0. The molecule has 0 unspecified atom stereocenters. The summed E-state index contributed by atoms with van der Waals surface area (Å²) in [5, 5.41) is 0. The number of fused-ring (bicyclic) bond motifs is 8. The van der Waals surface area contributed by atoms with E-state index in [1.54, 1.807) is 0 Å². The minimum absolute atomic E-state index is 0.119. The summed E-state index contributed by atoms with van der Waals surface area (Å²) >= 11 is 0. The molecule has 52 heavy (non-hydrogen) atoms. The molecule has 5 aliphatic rings. The van der Waals surface area contributed by atoms with Gasteiger partial charge in [0.15, 0.2) is 0 Å². The van der Waals surface area contributed by atoms with Gasteiger partial charge in [-0.25, -0.2) is 0 Å². The minimum atomic E-state index is -0.434. The van der Waals surface area contributed by atoms with Crippen LogP contribution >= 0.6 is 0 Å². The number of rotatable bonds is 0. The van der Waals surface area contributed by atoms with Crippen LogP contribution in [0.25, 0.3) is 0 Å². The number of esters is 4. The van der Waals surface area contributed by atoms with Gasteiger partial charge in [-0.2, -0.15) is 0 Å². The van der Waals surface area contributed by atoms with E-state index in [0.717, 1.165) is 51.4 Å². The lowest BCUT2D eigenvalue weighted by atomic mass is 10.00. The Morgan fingerprint density at radius 1 is 0.327 bits per heavy atom. The van der Waals surface area contributed by atoms with Gasteiger partial charge in [0, 0.05) is 25.7 Å². The van der Waals surface area contributed by atoms with Crippen molar-refractivity contribution in [3.8, 4) is 0 Å². The molecule has 0 aromatic carbocycles. The van der Waals surface area contributed by atoms with Gasteiger partial charge in [-0.15, -0.1) is 0 Å². The number of carbonyl (C=O) groups is 4.